The fourth-order valence-electron chi connectivity index (χ4n) is 2.23. The van der Waals surface area contributed by atoms with Crippen molar-refractivity contribution in [1.82, 2.24) is 5.43 Å². The molecule has 1 aromatic carbocycles. The molecule has 0 saturated heterocycles. The van der Waals surface area contributed by atoms with Gasteiger partial charge in [0.25, 0.3) is 0 Å². The van der Waals surface area contributed by atoms with Crippen molar-refractivity contribution in [3.05, 3.63) is 41.0 Å². The molecule has 104 valence electrons. The second kappa shape index (κ2) is 6.50. The molecule has 0 fully saturated rings. The molecule has 0 amide bonds. The Labute approximate surface area is 119 Å². The Morgan fingerprint density at radius 1 is 1.35 bits per heavy atom. The van der Waals surface area contributed by atoms with Gasteiger partial charge < -0.3 is 5.11 Å². The highest BCUT2D eigenvalue weighted by molar-refractivity contribution is 6.63. The lowest BCUT2D eigenvalue weighted by atomic mass is 9.96. The van der Waals surface area contributed by atoms with Gasteiger partial charge in [0.1, 0.15) is 5.75 Å². The van der Waals surface area contributed by atoms with Crippen molar-refractivity contribution in [2.45, 2.75) is 26.3 Å². The average molecular weight is 270 g/mol. The van der Waals surface area contributed by atoms with E-state index in [2.05, 4.69) is 22.6 Å². The molecule has 0 aromatic heterocycles. The summed E-state index contributed by atoms with van der Waals surface area (Å²) >= 11 is 0. The first-order chi connectivity index (χ1) is 9.65. The molecule has 6 heteroatoms. The lowest BCUT2D eigenvalue weighted by Gasteiger charge is -2.12. The highest BCUT2D eigenvalue weighted by Gasteiger charge is 2.13. The molecule has 1 aromatic rings. The molecule has 1 aliphatic heterocycles. The van der Waals surface area contributed by atoms with E-state index >= 15 is 0 Å². The van der Waals surface area contributed by atoms with E-state index in [9.17, 15) is 5.11 Å². The summed E-state index contributed by atoms with van der Waals surface area (Å²) in [6, 6.07) is 3.73. The Kier molecular flexibility index (Phi) is 4.71. The number of nitrogens with two attached hydrogens (primary N) is 1. The van der Waals surface area contributed by atoms with E-state index < -0.39 is 0 Å². The van der Waals surface area contributed by atoms with E-state index in [1.54, 1.807) is 6.07 Å². The molecule has 1 heterocycles. The Balaban J connectivity index is 2.44. The molecule has 1 aliphatic rings. The summed E-state index contributed by atoms with van der Waals surface area (Å²) in [5, 5.41) is 18.6. The summed E-state index contributed by atoms with van der Waals surface area (Å²) in [6.45, 7) is 2.61. The molecule has 0 atom stereocenters. The van der Waals surface area contributed by atoms with Crippen LogP contribution < -0.4 is 11.3 Å². The van der Waals surface area contributed by atoms with Crippen LogP contribution in [0.3, 0.4) is 0 Å². The van der Waals surface area contributed by atoms with E-state index in [0.717, 1.165) is 34.4 Å². The zero-order valence-corrected chi connectivity index (χ0v) is 11.8. The molecular formula is C14H19BN4O. The third-order valence-electron chi connectivity index (χ3n) is 3.30. The highest BCUT2D eigenvalue weighted by atomic mass is 16.3. The number of rotatable bonds is 4. The number of phenolic OH excluding ortho intramolecular Hbond substituents is 1. The van der Waals surface area contributed by atoms with Crippen molar-refractivity contribution in [2.24, 2.45) is 16.0 Å². The SMILES string of the molecule is BC1=NN=C(c2cc(CC)c(CNN)cc2O)CC=C1. The zero-order chi connectivity index (χ0) is 14.5. The molecule has 0 unspecified atom stereocenters. The van der Waals surface area contributed by atoms with Crippen LogP contribution in [0.25, 0.3) is 0 Å². The lowest BCUT2D eigenvalue weighted by Crippen LogP contribution is -2.21. The smallest absolute Gasteiger partial charge is 0.166 e. The number of hydrogen-bond donors (Lipinski definition) is 3. The standard InChI is InChI=1S/C14H19BN4O/c1-2-9-6-11(13(20)7-10(9)8-17-16)12-4-3-5-14(15)19-18-12/h3,5-7,17,20H,2,4,8,15-16H2,1H3. The molecule has 2 rings (SSSR count). The van der Waals surface area contributed by atoms with Crippen LogP contribution in [-0.2, 0) is 13.0 Å². The summed E-state index contributed by atoms with van der Waals surface area (Å²) in [6.07, 6.45) is 5.47. The number of hydrogen-bond acceptors (Lipinski definition) is 5. The second-order valence-electron chi connectivity index (χ2n) is 4.77. The minimum absolute atomic E-state index is 0.217. The summed E-state index contributed by atoms with van der Waals surface area (Å²) in [7, 11) is 1.90. The average Bonchev–Trinajstić information content (AvgIpc) is 2.64. The number of aromatic hydroxyl groups is 1. The van der Waals surface area contributed by atoms with Crippen LogP contribution in [0.15, 0.2) is 34.5 Å². The number of hydrazine groups is 1. The van der Waals surface area contributed by atoms with E-state index in [-0.39, 0.29) is 5.75 Å². The molecule has 20 heavy (non-hydrogen) atoms. The van der Waals surface area contributed by atoms with Gasteiger partial charge in [-0.05, 0) is 29.7 Å². The van der Waals surface area contributed by atoms with E-state index in [1.165, 1.54) is 0 Å². The van der Waals surface area contributed by atoms with Crippen LogP contribution >= 0.6 is 0 Å². The van der Waals surface area contributed by atoms with Gasteiger partial charge in [-0.1, -0.05) is 19.1 Å². The van der Waals surface area contributed by atoms with Crippen molar-refractivity contribution in [3.63, 3.8) is 0 Å². The predicted octanol–water partition coefficient (Wildman–Crippen LogP) is 0.614. The topological polar surface area (TPSA) is 83.0 Å². The van der Waals surface area contributed by atoms with Crippen molar-refractivity contribution >= 4 is 19.2 Å². The minimum Gasteiger partial charge on any atom is -0.507 e. The number of allylic oxidation sites excluding steroid dienone is 2. The van der Waals surface area contributed by atoms with Gasteiger partial charge in [-0.15, -0.1) is 0 Å². The van der Waals surface area contributed by atoms with Crippen LogP contribution in [-0.4, -0.2) is 24.3 Å². The second-order valence-corrected chi connectivity index (χ2v) is 4.77. The maximum Gasteiger partial charge on any atom is 0.166 e. The number of phenols is 1. The maximum atomic E-state index is 10.2. The number of aryl methyl sites for hydroxylation is 1. The Hall–Kier alpha value is -1.92. The lowest BCUT2D eigenvalue weighted by molar-refractivity contribution is 0.472. The number of benzene rings is 1. The minimum atomic E-state index is 0.217. The first kappa shape index (κ1) is 14.5. The maximum absolute atomic E-state index is 10.2. The van der Waals surface area contributed by atoms with Gasteiger partial charge in [-0.3, -0.25) is 11.3 Å². The first-order valence-electron chi connectivity index (χ1n) is 6.72. The first-order valence-corrected chi connectivity index (χ1v) is 6.72. The molecule has 5 nitrogen and oxygen atoms in total. The Morgan fingerprint density at radius 2 is 2.15 bits per heavy atom. The van der Waals surface area contributed by atoms with E-state index in [1.807, 2.05) is 26.1 Å². The summed E-state index contributed by atoms with van der Waals surface area (Å²) < 4.78 is 0. The summed E-state index contributed by atoms with van der Waals surface area (Å²) in [5.74, 6) is 5.59. The van der Waals surface area contributed by atoms with Crippen LogP contribution in [0.1, 0.15) is 30.0 Å². The zero-order valence-electron chi connectivity index (χ0n) is 11.8. The third kappa shape index (κ3) is 3.15. The van der Waals surface area contributed by atoms with Crippen LogP contribution in [0, 0.1) is 0 Å². The molecule has 0 aliphatic carbocycles. The van der Waals surface area contributed by atoms with Crippen LogP contribution in [0.4, 0.5) is 0 Å². The summed E-state index contributed by atoms with van der Waals surface area (Å²) in [4.78, 5) is 0. The van der Waals surface area contributed by atoms with Gasteiger partial charge in [0.2, 0.25) is 0 Å². The van der Waals surface area contributed by atoms with Crippen LogP contribution in [0.5, 0.6) is 5.75 Å². The van der Waals surface area contributed by atoms with Crippen molar-refractivity contribution < 1.29 is 5.11 Å². The van der Waals surface area contributed by atoms with Gasteiger partial charge >= 0.3 is 0 Å². The monoisotopic (exact) mass is 270 g/mol. The fourth-order valence-corrected chi connectivity index (χ4v) is 2.23. The molecule has 0 spiro atoms. The Bertz CT molecular complexity index is 593. The van der Waals surface area contributed by atoms with Crippen molar-refractivity contribution in [1.29, 1.82) is 0 Å². The van der Waals surface area contributed by atoms with Crippen LogP contribution in [0.2, 0.25) is 0 Å². The van der Waals surface area contributed by atoms with Gasteiger partial charge in [-0.25, -0.2) is 0 Å². The highest BCUT2D eigenvalue weighted by Crippen LogP contribution is 2.25. The molecule has 0 bridgehead atoms. The quantitative estimate of drug-likeness (QED) is 0.426. The van der Waals surface area contributed by atoms with Gasteiger partial charge in [0, 0.05) is 24.1 Å². The van der Waals surface area contributed by atoms with E-state index in [0.29, 0.717) is 13.0 Å². The third-order valence-corrected chi connectivity index (χ3v) is 3.30. The largest absolute Gasteiger partial charge is 0.507 e. The van der Waals surface area contributed by atoms with Gasteiger partial charge in [0.15, 0.2) is 7.85 Å². The fraction of sp³-hybridized carbons (Fsp3) is 0.286. The number of nitrogens with one attached hydrogen (secondary N) is 1. The Morgan fingerprint density at radius 3 is 2.85 bits per heavy atom. The molecule has 0 radical (unpaired) electrons. The van der Waals surface area contributed by atoms with Gasteiger partial charge in [0.05, 0.1) is 5.71 Å². The predicted molar refractivity (Wildman–Crippen MR) is 84.8 cm³/mol. The molecular weight excluding hydrogens is 251 g/mol. The molecule has 0 saturated carbocycles. The van der Waals surface area contributed by atoms with Crippen molar-refractivity contribution in [2.75, 3.05) is 0 Å². The number of nitrogens with zero attached hydrogens (tertiary/aromatic N) is 2. The normalized spacial score (nSPS) is 14.7. The summed E-state index contributed by atoms with van der Waals surface area (Å²) in [5.41, 5.74) is 7.15. The van der Waals surface area contributed by atoms with Gasteiger partial charge in [-0.2, -0.15) is 10.2 Å². The van der Waals surface area contributed by atoms with Crippen molar-refractivity contribution in [3.8, 4) is 5.75 Å². The van der Waals surface area contributed by atoms with E-state index in [4.69, 9.17) is 5.84 Å². The molecule has 4 N–H and O–H groups in total.